The van der Waals surface area contributed by atoms with Gasteiger partial charge in [0.1, 0.15) is 5.75 Å². The molecular formula is C17H26N2O2. The number of carbonyl (C=O) groups excluding carboxylic acids is 1. The largest absolute Gasteiger partial charge is 0.493 e. The summed E-state index contributed by atoms with van der Waals surface area (Å²) in [6.07, 6.45) is 2.26. The van der Waals surface area contributed by atoms with Crippen molar-refractivity contribution in [1.29, 1.82) is 0 Å². The van der Waals surface area contributed by atoms with E-state index in [1.54, 1.807) is 0 Å². The van der Waals surface area contributed by atoms with Gasteiger partial charge in [-0.15, -0.1) is 0 Å². The SMILES string of the molecule is CCOc1ccccc1C(=O)CN1CCC(N(C)C)CC1. The molecule has 0 atom stereocenters. The average Bonchev–Trinajstić information content (AvgIpc) is 2.48. The molecule has 1 aliphatic rings. The summed E-state index contributed by atoms with van der Waals surface area (Å²) in [4.78, 5) is 17.0. The molecule has 0 radical (unpaired) electrons. The molecule has 0 amide bonds. The second kappa shape index (κ2) is 7.57. The zero-order chi connectivity index (χ0) is 15.2. The smallest absolute Gasteiger partial charge is 0.180 e. The Morgan fingerprint density at radius 2 is 1.95 bits per heavy atom. The van der Waals surface area contributed by atoms with E-state index in [4.69, 9.17) is 4.74 Å². The van der Waals surface area contributed by atoms with Gasteiger partial charge in [0, 0.05) is 19.1 Å². The fourth-order valence-electron chi connectivity index (χ4n) is 2.86. The Labute approximate surface area is 127 Å². The Hall–Kier alpha value is -1.39. The van der Waals surface area contributed by atoms with Crippen LogP contribution in [0.2, 0.25) is 0 Å². The quantitative estimate of drug-likeness (QED) is 0.753. The van der Waals surface area contributed by atoms with E-state index in [-0.39, 0.29) is 5.78 Å². The number of piperidine rings is 1. The number of likely N-dealkylation sites (tertiary alicyclic amines) is 1. The van der Waals surface area contributed by atoms with Crippen LogP contribution >= 0.6 is 0 Å². The van der Waals surface area contributed by atoms with Crippen LogP contribution in [0, 0.1) is 0 Å². The van der Waals surface area contributed by atoms with E-state index < -0.39 is 0 Å². The van der Waals surface area contributed by atoms with Gasteiger partial charge in [0.15, 0.2) is 5.78 Å². The summed E-state index contributed by atoms with van der Waals surface area (Å²) < 4.78 is 5.55. The summed E-state index contributed by atoms with van der Waals surface area (Å²) in [6, 6.07) is 8.18. The molecule has 21 heavy (non-hydrogen) atoms. The molecule has 0 N–H and O–H groups in total. The van der Waals surface area contributed by atoms with Crippen LogP contribution in [0.5, 0.6) is 5.75 Å². The van der Waals surface area contributed by atoms with Crippen molar-refractivity contribution in [2.75, 3.05) is 40.3 Å². The molecule has 1 heterocycles. The summed E-state index contributed by atoms with van der Waals surface area (Å²) in [5.41, 5.74) is 0.703. The Bertz CT molecular complexity index is 466. The first-order chi connectivity index (χ1) is 10.1. The van der Waals surface area contributed by atoms with E-state index in [2.05, 4.69) is 23.9 Å². The minimum atomic E-state index is 0.155. The maximum atomic E-state index is 12.5. The highest BCUT2D eigenvalue weighted by Gasteiger charge is 2.23. The van der Waals surface area contributed by atoms with Gasteiger partial charge in [0.05, 0.1) is 18.7 Å². The first-order valence-corrected chi connectivity index (χ1v) is 7.75. The number of hydrogen-bond acceptors (Lipinski definition) is 4. The van der Waals surface area contributed by atoms with Crippen LogP contribution < -0.4 is 4.74 Å². The van der Waals surface area contributed by atoms with Crippen molar-refractivity contribution in [3.8, 4) is 5.75 Å². The Kier molecular flexibility index (Phi) is 5.76. The number of ketones is 1. The van der Waals surface area contributed by atoms with Crippen molar-refractivity contribution < 1.29 is 9.53 Å². The summed E-state index contributed by atoms with van der Waals surface area (Å²) in [7, 11) is 4.26. The van der Waals surface area contributed by atoms with Crippen LogP contribution in [0.15, 0.2) is 24.3 Å². The number of para-hydroxylation sites is 1. The Morgan fingerprint density at radius 3 is 2.57 bits per heavy atom. The molecule has 1 saturated heterocycles. The van der Waals surface area contributed by atoms with Crippen LogP contribution in [0.3, 0.4) is 0 Å². The van der Waals surface area contributed by atoms with Gasteiger partial charge in [-0.3, -0.25) is 9.69 Å². The molecule has 4 nitrogen and oxygen atoms in total. The van der Waals surface area contributed by atoms with Crippen LogP contribution in [-0.2, 0) is 0 Å². The van der Waals surface area contributed by atoms with E-state index in [1.807, 2.05) is 31.2 Å². The highest BCUT2D eigenvalue weighted by atomic mass is 16.5. The lowest BCUT2D eigenvalue weighted by molar-refractivity contribution is 0.0870. The van der Waals surface area contributed by atoms with Crippen LogP contribution in [0.4, 0.5) is 0 Å². The van der Waals surface area contributed by atoms with Crippen LogP contribution in [-0.4, -0.2) is 62.0 Å². The van der Waals surface area contributed by atoms with Gasteiger partial charge < -0.3 is 9.64 Å². The van der Waals surface area contributed by atoms with Gasteiger partial charge in [-0.2, -0.15) is 0 Å². The topological polar surface area (TPSA) is 32.8 Å². The van der Waals surface area contributed by atoms with Crippen molar-refractivity contribution in [2.45, 2.75) is 25.8 Å². The first kappa shape index (κ1) is 16.0. The maximum Gasteiger partial charge on any atom is 0.180 e. The molecular weight excluding hydrogens is 264 g/mol. The van der Waals surface area contributed by atoms with E-state index >= 15 is 0 Å². The fraction of sp³-hybridized carbons (Fsp3) is 0.588. The zero-order valence-corrected chi connectivity index (χ0v) is 13.3. The molecule has 0 aromatic heterocycles. The average molecular weight is 290 g/mol. The molecule has 0 aliphatic carbocycles. The van der Waals surface area contributed by atoms with Crippen molar-refractivity contribution in [3.05, 3.63) is 29.8 Å². The van der Waals surface area contributed by atoms with E-state index in [1.165, 1.54) is 0 Å². The first-order valence-electron chi connectivity index (χ1n) is 7.75. The lowest BCUT2D eigenvalue weighted by Crippen LogP contribution is -2.43. The van der Waals surface area contributed by atoms with Gasteiger partial charge in [-0.25, -0.2) is 0 Å². The second-order valence-electron chi connectivity index (χ2n) is 5.82. The molecule has 4 heteroatoms. The molecule has 1 aromatic rings. The predicted octanol–water partition coefficient (Wildman–Crippen LogP) is 2.29. The summed E-state index contributed by atoms with van der Waals surface area (Å²) >= 11 is 0. The predicted molar refractivity (Wildman–Crippen MR) is 85.1 cm³/mol. The van der Waals surface area contributed by atoms with Gasteiger partial charge in [0.25, 0.3) is 0 Å². The van der Waals surface area contributed by atoms with Crippen molar-refractivity contribution in [2.24, 2.45) is 0 Å². The molecule has 1 aromatic carbocycles. The summed E-state index contributed by atoms with van der Waals surface area (Å²) in [6.45, 7) is 4.99. The maximum absolute atomic E-state index is 12.5. The lowest BCUT2D eigenvalue weighted by atomic mass is 10.0. The third-order valence-electron chi connectivity index (χ3n) is 4.14. The third-order valence-corrected chi connectivity index (χ3v) is 4.14. The van der Waals surface area contributed by atoms with Crippen LogP contribution in [0.1, 0.15) is 30.1 Å². The Balaban J connectivity index is 1.93. The molecule has 2 rings (SSSR count). The molecule has 0 saturated carbocycles. The van der Waals surface area contributed by atoms with Gasteiger partial charge >= 0.3 is 0 Å². The monoisotopic (exact) mass is 290 g/mol. The van der Waals surface area contributed by atoms with E-state index in [0.29, 0.717) is 30.5 Å². The number of hydrogen-bond donors (Lipinski definition) is 0. The normalized spacial score (nSPS) is 17.1. The number of benzene rings is 1. The van der Waals surface area contributed by atoms with Gasteiger partial charge in [-0.1, -0.05) is 12.1 Å². The number of Topliss-reactive ketones (excluding diaryl/α,β-unsaturated/α-hetero) is 1. The van der Waals surface area contributed by atoms with Crippen molar-refractivity contribution >= 4 is 5.78 Å². The fourth-order valence-corrected chi connectivity index (χ4v) is 2.86. The number of rotatable bonds is 6. The summed E-state index contributed by atoms with van der Waals surface area (Å²) in [5, 5.41) is 0. The molecule has 1 aliphatic heterocycles. The van der Waals surface area contributed by atoms with Gasteiger partial charge in [0.2, 0.25) is 0 Å². The molecule has 0 bridgehead atoms. The van der Waals surface area contributed by atoms with Crippen molar-refractivity contribution in [3.63, 3.8) is 0 Å². The summed E-state index contributed by atoms with van der Waals surface area (Å²) in [5.74, 6) is 0.857. The number of ether oxygens (including phenoxy) is 1. The molecule has 1 fully saturated rings. The molecule has 0 spiro atoms. The zero-order valence-electron chi connectivity index (χ0n) is 13.3. The third kappa shape index (κ3) is 4.29. The van der Waals surface area contributed by atoms with E-state index in [0.717, 1.165) is 25.9 Å². The number of carbonyl (C=O) groups is 1. The van der Waals surface area contributed by atoms with Crippen molar-refractivity contribution in [1.82, 2.24) is 9.80 Å². The van der Waals surface area contributed by atoms with Gasteiger partial charge in [-0.05, 0) is 46.0 Å². The highest BCUT2D eigenvalue weighted by molar-refractivity contribution is 6.00. The molecule has 0 unspecified atom stereocenters. The Morgan fingerprint density at radius 1 is 1.29 bits per heavy atom. The number of nitrogens with zero attached hydrogens (tertiary/aromatic N) is 2. The minimum absolute atomic E-state index is 0.155. The molecule has 116 valence electrons. The lowest BCUT2D eigenvalue weighted by Gasteiger charge is -2.34. The highest BCUT2D eigenvalue weighted by Crippen LogP contribution is 2.20. The van der Waals surface area contributed by atoms with E-state index in [9.17, 15) is 4.79 Å². The second-order valence-corrected chi connectivity index (χ2v) is 5.82. The van der Waals surface area contributed by atoms with Crippen LogP contribution in [0.25, 0.3) is 0 Å². The minimum Gasteiger partial charge on any atom is -0.493 e. The standard InChI is InChI=1S/C17H26N2O2/c1-4-21-17-8-6-5-7-15(17)16(20)13-19-11-9-14(10-12-19)18(2)3/h5-8,14H,4,9-13H2,1-3H3.